The van der Waals surface area contributed by atoms with Crippen molar-refractivity contribution in [1.82, 2.24) is 25.4 Å². The third-order valence-corrected chi connectivity index (χ3v) is 3.96. The van der Waals surface area contributed by atoms with Crippen molar-refractivity contribution in [2.75, 3.05) is 7.05 Å². The molecule has 0 saturated heterocycles. The quantitative estimate of drug-likeness (QED) is 0.541. The van der Waals surface area contributed by atoms with E-state index in [0.717, 1.165) is 22.2 Å². The second kappa shape index (κ2) is 6.62. The summed E-state index contributed by atoms with van der Waals surface area (Å²) in [6, 6.07) is 13.2. The third-order valence-electron chi connectivity index (χ3n) is 3.73. The summed E-state index contributed by atoms with van der Waals surface area (Å²) in [4.78, 5) is 6.50. The van der Waals surface area contributed by atoms with Gasteiger partial charge in [-0.3, -0.25) is 4.90 Å². The number of benzene rings is 2. The van der Waals surface area contributed by atoms with Crippen molar-refractivity contribution in [1.29, 1.82) is 0 Å². The fourth-order valence-electron chi connectivity index (χ4n) is 2.59. The van der Waals surface area contributed by atoms with E-state index in [2.05, 4.69) is 25.4 Å². The number of aromatic nitrogens is 4. The minimum Gasteiger partial charge on any atom is -0.338 e. The predicted octanol–water partition coefficient (Wildman–Crippen LogP) is 3.56. The predicted molar refractivity (Wildman–Crippen MR) is 91.7 cm³/mol. The molecule has 4 aromatic rings. The molecule has 0 unspecified atom stereocenters. The van der Waals surface area contributed by atoms with Crippen molar-refractivity contribution in [2.45, 2.75) is 13.1 Å². The Morgan fingerprint density at radius 2 is 1.88 bits per heavy atom. The van der Waals surface area contributed by atoms with Crippen LogP contribution >= 0.6 is 11.6 Å². The molecule has 126 valence electrons. The molecule has 0 N–H and O–H groups in total. The molecule has 0 aliphatic rings. The van der Waals surface area contributed by atoms with Crippen LogP contribution in [0.5, 0.6) is 0 Å². The molecule has 2 heterocycles. The van der Waals surface area contributed by atoms with Gasteiger partial charge in [-0.2, -0.15) is 4.98 Å². The minimum atomic E-state index is 0.529. The van der Waals surface area contributed by atoms with E-state index < -0.39 is 0 Å². The fraction of sp³-hybridized carbons (Fsp3) is 0.176. The molecule has 0 radical (unpaired) electrons. The molecule has 0 spiro atoms. The van der Waals surface area contributed by atoms with Crippen LogP contribution in [0, 0.1) is 0 Å². The summed E-state index contributed by atoms with van der Waals surface area (Å²) in [6.45, 7) is 1.24. The summed E-state index contributed by atoms with van der Waals surface area (Å²) < 4.78 is 10.1. The molecule has 7 nitrogen and oxygen atoms in total. The van der Waals surface area contributed by atoms with Gasteiger partial charge in [0, 0.05) is 17.1 Å². The Hall–Kier alpha value is -2.77. The first-order valence-corrected chi connectivity index (χ1v) is 8.03. The SMILES string of the molecule is CN(Cc1ccc2nonc2c1)Cc1nc(-c2cccc(Cl)c2)no1. The van der Waals surface area contributed by atoms with E-state index in [-0.39, 0.29) is 0 Å². The molecular weight excluding hydrogens is 342 g/mol. The summed E-state index contributed by atoms with van der Waals surface area (Å²) >= 11 is 6.00. The molecule has 0 aliphatic carbocycles. The largest absolute Gasteiger partial charge is 0.338 e. The smallest absolute Gasteiger partial charge is 0.241 e. The van der Waals surface area contributed by atoms with Gasteiger partial charge >= 0.3 is 0 Å². The topological polar surface area (TPSA) is 81.1 Å². The van der Waals surface area contributed by atoms with E-state index in [4.69, 9.17) is 20.8 Å². The van der Waals surface area contributed by atoms with Crippen LogP contribution in [0.15, 0.2) is 51.6 Å². The number of hydrogen-bond donors (Lipinski definition) is 0. The van der Waals surface area contributed by atoms with Gasteiger partial charge in [0.05, 0.1) is 6.54 Å². The molecule has 0 aliphatic heterocycles. The van der Waals surface area contributed by atoms with Crippen LogP contribution in [0.25, 0.3) is 22.4 Å². The summed E-state index contributed by atoms with van der Waals surface area (Å²) in [5.41, 5.74) is 3.41. The van der Waals surface area contributed by atoms with Gasteiger partial charge in [-0.1, -0.05) is 35.0 Å². The monoisotopic (exact) mass is 355 g/mol. The molecule has 8 heteroatoms. The standard InChI is InChI=1S/C17H14ClN5O2/c1-23(9-11-5-6-14-15(7-11)21-25-20-14)10-16-19-17(22-24-16)12-3-2-4-13(18)8-12/h2-8H,9-10H2,1H3. The van der Waals surface area contributed by atoms with Gasteiger partial charge in [-0.05, 0) is 47.2 Å². The Balaban J connectivity index is 1.44. The van der Waals surface area contributed by atoms with E-state index >= 15 is 0 Å². The second-order valence-electron chi connectivity index (χ2n) is 5.78. The van der Waals surface area contributed by atoms with Crippen LogP contribution in [0.3, 0.4) is 0 Å². The Morgan fingerprint density at radius 3 is 2.76 bits per heavy atom. The lowest BCUT2D eigenvalue weighted by Crippen LogP contribution is -2.17. The lowest BCUT2D eigenvalue weighted by molar-refractivity contribution is 0.261. The van der Waals surface area contributed by atoms with Gasteiger partial charge in [0.25, 0.3) is 0 Å². The lowest BCUT2D eigenvalue weighted by atomic mass is 10.2. The summed E-state index contributed by atoms with van der Waals surface area (Å²) in [7, 11) is 1.98. The zero-order chi connectivity index (χ0) is 17.2. The molecule has 2 aromatic carbocycles. The maximum Gasteiger partial charge on any atom is 0.241 e. The van der Waals surface area contributed by atoms with E-state index in [1.165, 1.54) is 0 Å². The van der Waals surface area contributed by atoms with Crippen LogP contribution in [0.2, 0.25) is 5.02 Å². The Bertz CT molecular complexity index is 1010. The van der Waals surface area contributed by atoms with Crippen molar-refractivity contribution < 1.29 is 9.15 Å². The first kappa shape index (κ1) is 15.7. The van der Waals surface area contributed by atoms with Crippen molar-refractivity contribution in [3.05, 3.63) is 58.9 Å². The number of rotatable bonds is 5. The van der Waals surface area contributed by atoms with Crippen LogP contribution < -0.4 is 0 Å². The molecule has 0 amide bonds. The van der Waals surface area contributed by atoms with Crippen molar-refractivity contribution >= 4 is 22.6 Å². The van der Waals surface area contributed by atoms with Crippen molar-refractivity contribution in [3.8, 4) is 11.4 Å². The first-order chi connectivity index (χ1) is 12.2. The third kappa shape index (κ3) is 3.52. The van der Waals surface area contributed by atoms with Crippen molar-refractivity contribution in [3.63, 3.8) is 0 Å². The van der Waals surface area contributed by atoms with E-state index in [1.54, 1.807) is 12.1 Å². The van der Waals surface area contributed by atoms with E-state index in [9.17, 15) is 0 Å². The van der Waals surface area contributed by atoms with Crippen molar-refractivity contribution in [2.24, 2.45) is 0 Å². The van der Waals surface area contributed by atoms with Gasteiger partial charge in [0.2, 0.25) is 11.7 Å². The van der Waals surface area contributed by atoms with E-state index in [0.29, 0.717) is 29.8 Å². The van der Waals surface area contributed by atoms with Gasteiger partial charge in [-0.25, -0.2) is 4.63 Å². The Kier molecular flexibility index (Phi) is 4.17. The Labute approximate surface area is 148 Å². The molecule has 0 saturated carbocycles. The van der Waals surface area contributed by atoms with Gasteiger partial charge in [0.1, 0.15) is 11.0 Å². The highest BCUT2D eigenvalue weighted by Gasteiger charge is 2.12. The Morgan fingerprint density at radius 1 is 1.00 bits per heavy atom. The zero-order valence-electron chi connectivity index (χ0n) is 13.4. The van der Waals surface area contributed by atoms with Gasteiger partial charge < -0.3 is 4.52 Å². The molecule has 0 fully saturated rings. The van der Waals surface area contributed by atoms with Crippen LogP contribution in [0.1, 0.15) is 11.5 Å². The normalized spacial score (nSPS) is 11.5. The number of halogens is 1. The summed E-state index contributed by atoms with van der Waals surface area (Å²) in [6.07, 6.45) is 0. The molecule has 4 rings (SSSR count). The molecule has 25 heavy (non-hydrogen) atoms. The second-order valence-corrected chi connectivity index (χ2v) is 6.22. The number of fused-ring (bicyclic) bond motifs is 1. The number of nitrogens with zero attached hydrogens (tertiary/aromatic N) is 5. The zero-order valence-corrected chi connectivity index (χ0v) is 14.1. The molecule has 2 aromatic heterocycles. The average Bonchev–Trinajstić information content (AvgIpc) is 3.23. The first-order valence-electron chi connectivity index (χ1n) is 7.66. The van der Waals surface area contributed by atoms with Crippen LogP contribution in [-0.4, -0.2) is 32.4 Å². The van der Waals surface area contributed by atoms with Gasteiger partial charge in [-0.15, -0.1) is 0 Å². The number of hydrogen-bond acceptors (Lipinski definition) is 7. The lowest BCUT2D eigenvalue weighted by Gasteiger charge is -2.13. The maximum absolute atomic E-state index is 6.00. The average molecular weight is 356 g/mol. The molecule has 0 bridgehead atoms. The highest BCUT2D eigenvalue weighted by molar-refractivity contribution is 6.30. The van der Waals surface area contributed by atoms with Gasteiger partial charge in [0.15, 0.2) is 0 Å². The molecule has 0 atom stereocenters. The minimum absolute atomic E-state index is 0.529. The highest BCUT2D eigenvalue weighted by atomic mass is 35.5. The van der Waals surface area contributed by atoms with E-state index in [1.807, 2.05) is 37.4 Å². The highest BCUT2D eigenvalue weighted by Crippen LogP contribution is 2.20. The molecular formula is C17H14ClN5O2. The fourth-order valence-corrected chi connectivity index (χ4v) is 2.78. The van der Waals surface area contributed by atoms with Crippen LogP contribution in [0.4, 0.5) is 0 Å². The maximum atomic E-state index is 6.00. The summed E-state index contributed by atoms with van der Waals surface area (Å²) in [5, 5.41) is 12.3. The summed E-state index contributed by atoms with van der Waals surface area (Å²) in [5.74, 6) is 1.07. The van der Waals surface area contributed by atoms with Crippen LogP contribution in [-0.2, 0) is 13.1 Å².